The quantitative estimate of drug-likeness (QED) is 0.161. The molecule has 1 aliphatic rings. The number of hydrogen-bond acceptors (Lipinski definition) is 6. The highest BCUT2D eigenvalue weighted by atomic mass is 16.5. The fraction of sp³-hybridized carbons (Fsp3) is 0.229. The average molecular weight is 563 g/mol. The van der Waals surface area contributed by atoms with Crippen molar-refractivity contribution in [2.24, 2.45) is 5.92 Å². The Morgan fingerprint density at radius 1 is 0.833 bits per heavy atom. The molecule has 0 spiro atoms. The molecule has 214 valence electrons. The van der Waals surface area contributed by atoms with Crippen molar-refractivity contribution in [3.63, 3.8) is 0 Å². The third-order valence-electron chi connectivity index (χ3n) is 7.23. The predicted molar refractivity (Wildman–Crippen MR) is 163 cm³/mol. The van der Waals surface area contributed by atoms with Crippen LogP contribution in [-0.4, -0.2) is 44.0 Å². The zero-order valence-electron chi connectivity index (χ0n) is 23.6. The van der Waals surface area contributed by atoms with Gasteiger partial charge in [-0.2, -0.15) is 0 Å². The van der Waals surface area contributed by atoms with Crippen molar-refractivity contribution in [2.75, 3.05) is 30.5 Å². The standard InChI is InChI=1S/C35H34N2O5/c1-41-35(40)32(36-31-15-9-8-14-30(31)33(38)26-10-4-2-5-11-26)24-25-16-20-29(21-17-25)42-23-22-37(34(39)27-18-19-27)28-12-6-3-7-13-28/h2-17,20-21,27,32,36H,18-19,22-24H2,1H3. The molecule has 0 heterocycles. The number of carbonyl (C=O) groups is 3. The van der Waals surface area contributed by atoms with Gasteiger partial charge < -0.3 is 19.7 Å². The molecule has 5 rings (SSSR count). The van der Waals surface area contributed by atoms with Crippen LogP contribution in [0.15, 0.2) is 109 Å². The summed E-state index contributed by atoms with van der Waals surface area (Å²) in [5.41, 5.74) is 3.38. The molecule has 1 fully saturated rings. The highest BCUT2D eigenvalue weighted by molar-refractivity contribution is 6.12. The third kappa shape index (κ3) is 7.23. The van der Waals surface area contributed by atoms with Gasteiger partial charge in [-0.1, -0.05) is 72.8 Å². The SMILES string of the molecule is COC(=O)C(Cc1ccc(OCCN(C(=O)C2CC2)c2ccccc2)cc1)Nc1ccccc1C(=O)c1ccccc1. The monoisotopic (exact) mass is 562 g/mol. The molecule has 0 saturated heterocycles. The minimum atomic E-state index is -0.709. The van der Waals surface area contributed by atoms with E-state index in [9.17, 15) is 14.4 Å². The lowest BCUT2D eigenvalue weighted by Crippen LogP contribution is -2.35. The fourth-order valence-electron chi connectivity index (χ4n) is 4.81. The lowest BCUT2D eigenvalue weighted by Gasteiger charge is -2.23. The van der Waals surface area contributed by atoms with Crippen LogP contribution in [0.3, 0.4) is 0 Å². The van der Waals surface area contributed by atoms with E-state index < -0.39 is 12.0 Å². The third-order valence-corrected chi connectivity index (χ3v) is 7.23. The van der Waals surface area contributed by atoms with Crippen LogP contribution in [0, 0.1) is 5.92 Å². The maximum Gasteiger partial charge on any atom is 0.328 e. The zero-order valence-corrected chi connectivity index (χ0v) is 23.6. The van der Waals surface area contributed by atoms with Gasteiger partial charge in [0.05, 0.1) is 13.7 Å². The number of carbonyl (C=O) groups excluding carboxylic acids is 3. The van der Waals surface area contributed by atoms with Gasteiger partial charge in [0, 0.05) is 34.8 Å². The number of para-hydroxylation sites is 2. The van der Waals surface area contributed by atoms with Crippen molar-refractivity contribution in [1.82, 2.24) is 0 Å². The molecule has 0 aromatic heterocycles. The molecule has 0 radical (unpaired) electrons. The molecule has 1 aliphatic carbocycles. The molecule has 4 aromatic rings. The Bertz CT molecular complexity index is 1500. The summed E-state index contributed by atoms with van der Waals surface area (Å²) < 4.78 is 11.1. The van der Waals surface area contributed by atoms with E-state index in [1.807, 2.05) is 78.9 Å². The number of rotatable bonds is 13. The summed E-state index contributed by atoms with van der Waals surface area (Å²) in [7, 11) is 1.35. The van der Waals surface area contributed by atoms with E-state index in [2.05, 4.69) is 5.32 Å². The summed E-state index contributed by atoms with van der Waals surface area (Å²) in [4.78, 5) is 40.6. The second-order valence-corrected chi connectivity index (χ2v) is 10.3. The minimum Gasteiger partial charge on any atom is -0.492 e. The molecule has 0 aliphatic heterocycles. The van der Waals surface area contributed by atoms with Gasteiger partial charge in [0.25, 0.3) is 0 Å². The maximum absolute atomic E-state index is 13.2. The Morgan fingerprint density at radius 3 is 2.14 bits per heavy atom. The van der Waals surface area contributed by atoms with E-state index in [1.54, 1.807) is 35.2 Å². The Hall–Kier alpha value is -4.91. The van der Waals surface area contributed by atoms with Crippen LogP contribution >= 0.6 is 0 Å². The van der Waals surface area contributed by atoms with E-state index in [-0.39, 0.29) is 17.6 Å². The van der Waals surface area contributed by atoms with Crippen LogP contribution in [0.4, 0.5) is 11.4 Å². The Kier molecular flexibility index (Phi) is 9.29. The van der Waals surface area contributed by atoms with E-state index in [0.717, 1.165) is 24.1 Å². The second kappa shape index (κ2) is 13.6. The molecule has 0 bridgehead atoms. The molecule has 4 aromatic carbocycles. The van der Waals surface area contributed by atoms with Gasteiger partial charge in [-0.15, -0.1) is 0 Å². The number of benzene rings is 4. The molecule has 1 N–H and O–H groups in total. The van der Waals surface area contributed by atoms with Gasteiger partial charge in [0.1, 0.15) is 18.4 Å². The number of anilines is 2. The smallest absolute Gasteiger partial charge is 0.328 e. The second-order valence-electron chi connectivity index (χ2n) is 10.3. The highest BCUT2D eigenvalue weighted by Gasteiger charge is 2.34. The van der Waals surface area contributed by atoms with E-state index in [4.69, 9.17) is 9.47 Å². The zero-order chi connectivity index (χ0) is 29.3. The largest absolute Gasteiger partial charge is 0.492 e. The number of amides is 1. The molecule has 1 unspecified atom stereocenters. The number of nitrogens with zero attached hydrogens (tertiary/aromatic N) is 1. The maximum atomic E-state index is 13.2. The number of ketones is 1. The first-order valence-electron chi connectivity index (χ1n) is 14.1. The molecular weight excluding hydrogens is 528 g/mol. The van der Waals surface area contributed by atoms with Crippen LogP contribution in [0.2, 0.25) is 0 Å². The molecule has 42 heavy (non-hydrogen) atoms. The Morgan fingerprint density at radius 2 is 1.48 bits per heavy atom. The molecule has 7 nitrogen and oxygen atoms in total. The summed E-state index contributed by atoms with van der Waals surface area (Å²) in [6, 6.07) is 32.7. The van der Waals surface area contributed by atoms with Crippen LogP contribution in [-0.2, 0) is 20.7 Å². The molecule has 1 amide bonds. The van der Waals surface area contributed by atoms with Crippen molar-refractivity contribution >= 4 is 29.0 Å². The van der Waals surface area contributed by atoms with Gasteiger partial charge >= 0.3 is 5.97 Å². The van der Waals surface area contributed by atoms with E-state index in [1.165, 1.54) is 7.11 Å². The molecular formula is C35H34N2O5. The van der Waals surface area contributed by atoms with Crippen molar-refractivity contribution in [1.29, 1.82) is 0 Å². The number of ether oxygens (including phenoxy) is 2. The predicted octanol–water partition coefficient (Wildman–Crippen LogP) is 5.94. The first-order chi connectivity index (χ1) is 20.5. The fourth-order valence-corrected chi connectivity index (χ4v) is 4.81. The lowest BCUT2D eigenvalue weighted by molar-refractivity contribution is -0.141. The van der Waals surface area contributed by atoms with Gasteiger partial charge in [-0.05, 0) is 54.8 Å². The lowest BCUT2D eigenvalue weighted by atomic mass is 10.00. The average Bonchev–Trinajstić information content (AvgIpc) is 3.90. The van der Waals surface area contributed by atoms with Crippen molar-refractivity contribution < 1.29 is 23.9 Å². The van der Waals surface area contributed by atoms with Crippen molar-refractivity contribution in [3.05, 3.63) is 126 Å². The molecule has 1 saturated carbocycles. The Labute approximate surface area is 246 Å². The Balaban J connectivity index is 1.22. The van der Waals surface area contributed by atoms with E-state index >= 15 is 0 Å². The van der Waals surface area contributed by atoms with Crippen LogP contribution in [0.25, 0.3) is 0 Å². The van der Waals surface area contributed by atoms with Gasteiger partial charge in [-0.3, -0.25) is 9.59 Å². The summed E-state index contributed by atoms with van der Waals surface area (Å²) in [5.74, 6) is 0.372. The molecule has 7 heteroatoms. The number of hydrogen-bond donors (Lipinski definition) is 1. The van der Waals surface area contributed by atoms with Crippen molar-refractivity contribution in [2.45, 2.75) is 25.3 Å². The minimum absolute atomic E-state index is 0.115. The summed E-state index contributed by atoms with van der Waals surface area (Å²) >= 11 is 0. The van der Waals surface area contributed by atoms with Crippen molar-refractivity contribution in [3.8, 4) is 5.75 Å². The first-order valence-corrected chi connectivity index (χ1v) is 14.1. The number of esters is 1. The normalized spacial score (nSPS) is 13.1. The number of nitrogens with one attached hydrogen (secondary N) is 1. The summed E-state index contributed by atoms with van der Waals surface area (Å²) in [6.45, 7) is 0.807. The first kappa shape index (κ1) is 28.6. The summed E-state index contributed by atoms with van der Waals surface area (Å²) in [5, 5.41) is 3.24. The van der Waals surface area contributed by atoms with Crippen LogP contribution in [0.5, 0.6) is 5.75 Å². The summed E-state index contributed by atoms with van der Waals surface area (Å²) in [6.07, 6.45) is 2.24. The number of methoxy groups -OCH3 is 1. The van der Waals surface area contributed by atoms with Gasteiger partial charge in [0.15, 0.2) is 5.78 Å². The van der Waals surface area contributed by atoms with Crippen LogP contribution < -0.4 is 15.0 Å². The highest BCUT2D eigenvalue weighted by Crippen LogP contribution is 2.32. The molecule has 1 atom stereocenters. The van der Waals surface area contributed by atoms with Gasteiger partial charge in [0.2, 0.25) is 5.91 Å². The van der Waals surface area contributed by atoms with Gasteiger partial charge in [-0.25, -0.2) is 4.79 Å². The van der Waals surface area contributed by atoms with Crippen LogP contribution in [0.1, 0.15) is 34.3 Å². The topological polar surface area (TPSA) is 84.9 Å². The van der Waals surface area contributed by atoms with E-state index in [0.29, 0.717) is 42.1 Å².